The van der Waals surface area contributed by atoms with Crippen LogP contribution in [0.3, 0.4) is 0 Å². The third kappa shape index (κ3) is 6.40. The molecule has 2 rings (SSSR count). The summed E-state index contributed by atoms with van der Waals surface area (Å²) in [5.41, 5.74) is 2.12. The number of urea groups is 1. The van der Waals surface area contributed by atoms with E-state index in [4.69, 9.17) is 4.74 Å². The van der Waals surface area contributed by atoms with Crippen LogP contribution in [-0.4, -0.2) is 42.3 Å². The normalized spacial score (nSPS) is 10.4. The number of aryl methyl sites for hydroxylation is 1. The molecule has 2 amide bonds. The number of ether oxygens (including phenoxy) is 1. The largest absolute Gasteiger partial charge is 0.492 e. The zero-order chi connectivity index (χ0) is 18.1. The zero-order valence-electron chi connectivity index (χ0n) is 14.2. The molecule has 0 saturated heterocycles. The number of aliphatic hydroxyl groups is 1. The number of carbonyl (C=O) groups excluding carboxylic acids is 1. The summed E-state index contributed by atoms with van der Waals surface area (Å²) in [6.45, 7) is 3.39. The molecular weight excluding hydrogens is 384 g/mol. The van der Waals surface area contributed by atoms with E-state index in [-0.39, 0.29) is 19.2 Å². The van der Waals surface area contributed by atoms with E-state index < -0.39 is 0 Å². The maximum Gasteiger partial charge on any atom is 0.317 e. The van der Waals surface area contributed by atoms with E-state index in [0.717, 1.165) is 21.3 Å². The van der Waals surface area contributed by atoms with Crippen molar-refractivity contribution < 1.29 is 14.6 Å². The number of hydrogen-bond donors (Lipinski definition) is 2. The van der Waals surface area contributed by atoms with Gasteiger partial charge in [0.15, 0.2) is 0 Å². The van der Waals surface area contributed by atoms with E-state index in [0.29, 0.717) is 19.7 Å². The average molecular weight is 407 g/mol. The number of amides is 2. The van der Waals surface area contributed by atoms with Gasteiger partial charge in [-0.3, -0.25) is 0 Å². The Bertz CT molecular complexity index is 694. The molecule has 0 atom stereocenters. The second-order valence-corrected chi connectivity index (χ2v) is 6.49. The molecule has 0 aliphatic carbocycles. The number of benzene rings is 2. The van der Waals surface area contributed by atoms with Crippen molar-refractivity contribution in [2.75, 3.05) is 26.3 Å². The van der Waals surface area contributed by atoms with Crippen LogP contribution in [0.15, 0.2) is 53.0 Å². The van der Waals surface area contributed by atoms with Crippen LogP contribution >= 0.6 is 15.9 Å². The van der Waals surface area contributed by atoms with Crippen molar-refractivity contribution in [1.82, 2.24) is 10.2 Å². The molecule has 0 saturated carbocycles. The Balaban J connectivity index is 1.82. The molecule has 0 spiro atoms. The fourth-order valence-electron chi connectivity index (χ4n) is 2.35. The molecule has 0 heterocycles. The van der Waals surface area contributed by atoms with Crippen molar-refractivity contribution in [1.29, 1.82) is 0 Å². The number of hydrogen-bond acceptors (Lipinski definition) is 3. The minimum Gasteiger partial charge on any atom is -0.492 e. The second kappa shape index (κ2) is 10.1. The van der Waals surface area contributed by atoms with Crippen molar-refractivity contribution in [3.63, 3.8) is 0 Å². The summed E-state index contributed by atoms with van der Waals surface area (Å²) >= 11 is 3.48. The second-order valence-electron chi connectivity index (χ2n) is 5.63. The standard InChI is InChI=1S/C19H23BrN2O3/c1-15-5-4-7-17(13-15)25-12-9-21-19(24)22(10-11-23)14-16-6-2-3-8-18(16)20/h2-8,13,23H,9-12,14H2,1H3,(H,21,24). The first-order valence-electron chi connectivity index (χ1n) is 8.16. The highest BCUT2D eigenvalue weighted by Gasteiger charge is 2.14. The van der Waals surface area contributed by atoms with Gasteiger partial charge in [-0.15, -0.1) is 0 Å². The summed E-state index contributed by atoms with van der Waals surface area (Å²) in [4.78, 5) is 13.9. The SMILES string of the molecule is Cc1cccc(OCCNC(=O)N(CCO)Cc2ccccc2Br)c1. The third-order valence-electron chi connectivity index (χ3n) is 3.61. The smallest absolute Gasteiger partial charge is 0.317 e. The number of carbonyl (C=O) groups is 1. The Morgan fingerprint density at radius 1 is 1.24 bits per heavy atom. The summed E-state index contributed by atoms with van der Waals surface area (Å²) in [5, 5.41) is 12.0. The predicted octanol–water partition coefficient (Wildman–Crippen LogP) is 3.34. The van der Waals surface area contributed by atoms with Crippen LogP contribution in [-0.2, 0) is 6.54 Å². The lowest BCUT2D eigenvalue weighted by Gasteiger charge is -2.23. The molecule has 6 heteroatoms. The number of aliphatic hydroxyl groups excluding tert-OH is 1. The molecule has 2 aromatic rings. The molecule has 0 fully saturated rings. The van der Waals surface area contributed by atoms with Gasteiger partial charge in [0.05, 0.1) is 13.2 Å². The average Bonchev–Trinajstić information content (AvgIpc) is 2.60. The van der Waals surface area contributed by atoms with Gasteiger partial charge in [0.25, 0.3) is 0 Å². The Morgan fingerprint density at radius 2 is 2.04 bits per heavy atom. The van der Waals surface area contributed by atoms with E-state index in [1.54, 1.807) is 4.90 Å². The number of rotatable bonds is 8. The van der Waals surface area contributed by atoms with Crippen LogP contribution in [0.2, 0.25) is 0 Å². The lowest BCUT2D eigenvalue weighted by atomic mass is 10.2. The van der Waals surface area contributed by atoms with Gasteiger partial charge >= 0.3 is 6.03 Å². The van der Waals surface area contributed by atoms with E-state index >= 15 is 0 Å². The summed E-state index contributed by atoms with van der Waals surface area (Å²) in [5.74, 6) is 0.787. The Hall–Kier alpha value is -2.05. The van der Waals surface area contributed by atoms with Gasteiger partial charge in [0.2, 0.25) is 0 Å². The number of nitrogens with zero attached hydrogens (tertiary/aromatic N) is 1. The first-order valence-corrected chi connectivity index (χ1v) is 8.96. The molecule has 0 radical (unpaired) electrons. The Morgan fingerprint density at radius 3 is 2.76 bits per heavy atom. The third-order valence-corrected chi connectivity index (χ3v) is 4.39. The van der Waals surface area contributed by atoms with Crippen LogP contribution in [0.25, 0.3) is 0 Å². The molecule has 134 valence electrons. The molecule has 0 aromatic heterocycles. The summed E-state index contributed by atoms with van der Waals surface area (Å²) in [6.07, 6.45) is 0. The maximum absolute atomic E-state index is 12.3. The fraction of sp³-hybridized carbons (Fsp3) is 0.316. The van der Waals surface area contributed by atoms with Crippen LogP contribution in [0.1, 0.15) is 11.1 Å². The molecular formula is C19H23BrN2O3. The maximum atomic E-state index is 12.3. The zero-order valence-corrected chi connectivity index (χ0v) is 15.8. The topological polar surface area (TPSA) is 61.8 Å². The van der Waals surface area contributed by atoms with Gasteiger partial charge in [0.1, 0.15) is 12.4 Å². The van der Waals surface area contributed by atoms with Gasteiger partial charge in [-0.25, -0.2) is 4.79 Å². The van der Waals surface area contributed by atoms with Crippen molar-refractivity contribution >= 4 is 22.0 Å². The highest BCUT2D eigenvalue weighted by atomic mass is 79.9. The quantitative estimate of drug-likeness (QED) is 0.660. The highest BCUT2D eigenvalue weighted by Crippen LogP contribution is 2.17. The van der Waals surface area contributed by atoms with Gasteiger partial charge in [-0.1, -0.05) is 46.3 Å². The molecule has 2 aromatic carbocycles. The molecule has 0 aliphatic heterocycles. The van der Waals surface area contributed by atoms with Crippen molar-refractivity contribution in [3.8, 4) is 5.75 Å². The van der Waals surface area contributed by atoms with E-state index in [1.165, 1.54) is 0 Å². The minimum atomic E-state index is -0.224. The first-order chi connectivity index (χ1) is 12.1. The highest BCUT2D eigenvalue weighted by molar-refractivity contribution is 9.10. The summed E-state index contributed by atoms with van der Waals surface area (Å²) in [6, 6.07) is 15.3. The molecule has 2 N–H and O–H groups in total. The molecule has 0 unspecified atom stereocenters. The Labute approximate surface area is 156 Å². The van der Waals surface area contributed by atoms with Gasteiger partial charge in [-0.05, 0) is 36.2 Å². The number of halogens is 1. The summed E-state index contributed by atoms with van der Waals surface area (Å²) < 4.78 is 6.56. The van der Waals surface area contributed by atoms with Crippen molar-refractivity contribution in [2.45, 2.75) is 13.5 Å². The molecule has 5 nitrogen and oxygen atoms in total. The number of nitrogens with one attached hydrogen (secondary N) is 1. The fourth-order valence-corrected chi connectivity index (χ4v) is 2.76. The van der Waals surface area contributed by atoms with Crippen LogP contribution in [0, 0.1) is 6.92 Å². The minimum absolute atomic E-state index is 0.0856. The van der Waals surface area contributed by atoms with Gasteiger partial charge in [-0.2, -0.15) is 0 Å². The van der Waals surface area contributed by atoms with Crippen molar-refractivity contribution in [3.05, 3.63) is 64.1 Å². The summed E-state index contributed by atoms with van der Waals surface area (Å²) in [7, 11) is 0. The van der Waals surface area contributed by atoms with Gasteiger partial charge < -0.3 is 20.1 Å². The van der Waals surface area contributed by atoms with E-state index in [9.17, 15) is 9.90 Å². The van der Waals surface area contributed by atoms with Crippen LogP contribution in [0.5, 0.6) is 5.75 Å². The lowest BCUT2D eigenvalue weighted by Crippen LogP contribution is -2.42. The Kier molecular flexibility index (Phi) is 7.76. The van der Waals surface area contributed by atoms with Crippen LogP contribution < -0.4 is 10.1 Å². The molecule has 0 aliphatic rings. The van der Waals surface area contributed by atoms with E-state index in [2.05, 4.69) is 21.2 Å². The predicted molar refractivity (Wildman–Crippen MR) is 102 cm³/mol. The monoisotopic (exact) mass is 406 g/mol. The molecule has 25 heavy (non-hydrogen) atoms. The lowest BCUT2D eigenvalue weighted by molar-refractivity contribution is 0.172. The van der Waals surface area contributed by atoms with Gasteiger partial charge in [0, 0.05) is 17.6 Å². The molecule has 0 bridgehead atoms. The van der Waals surface area contributed by atoms with Crippen LogP contribution in [0.4, 0.5) is 4.79 Å². The van der Waals surface area contributed by atoms with Crippen molar-refractivity contribution in [2.24, 2.45) is 0 Å². The van der Waals surface area contributed by atoms with E-state index in [1.807, 2.05) is 55.5 Å². The first kappa shape index (κ1) is 19.3.